The van der Waals surface area contributed by atoms with Gasteiger partial charge in [-0.1, -0.05) is 23.7 Å². The van der Waals surface area contributed by atoms with E-state index in [1.54, 1.807) is 10.4 Å². The van der Waals surface area contributed by atoms with Crippen molar-refractivity contribution in [3.8, 4) is 11.3 Å². The molecule has 0 bridgehead atoms. The van der Waals surface area contributed by atoms with E-state index in [0.717, 1.165) is 42.8 Å². The predicted octanol–water partition coefficient (Wildman–Crippen LogP) is 3.60. The van der Waals surface area contributed by atoms with Crippen LogP contribution in [0, 0.1) is 13.8 Å². The summed E-state index contributed by atoms with van der Waals surface area (Å²) in [6.45, 7) is 7.21. The van der Waals surface area contributed by atoms with Gasteiger partial charge < -0.3 is 9.42 Å². The summed E-state index contributed by atoms with van der Waals surface area (Å²) >= 11 is 0. The summed E-state index contributed by atoms with van der Waals surface area (Å²) in [5.41, 5.74) is 2.28. The molecule has 1 aromatic heterocycles. The number of benzene rings is 1. The molecule has 7 heteroatoms. The summed E-state index contributed by atoms with van der Waals surface area (Å²) in [6, 6.07) is 7.81. The second-order valence-corrected chi connectivity index (χ2v) is 9.95. The molecule has 152 valence electrons. The molecule has 2 fully saturated rings. The minimum absolute atomic E-state index is 0.371. The van der Waals surface area contributed by atoms with Crippen LogP contribution in [0.5, 0.6) is 0 Å². The minimum Gasteiger partial charge on any atom is -0.356 e. The number of hydrogen-bond donors (Lipinski definition) is 0. The number of piperidine rings is 2. The predicted molar refractivity (Wildman–Crippen MR) is 109 cm³/mol. The molecule has 28 heavy (non-hydrogen) atoms. The van der Waals surface area contributed by atoms with Gasteiger partial charge in [-0.15, -0.1) is 0 Å². The van der Waals surface area contributed by atoms with Crippen LogP contribution in [0.1, 0.15) is 43.4 Å². The van der Waals surface area contributed by atoms with E-state index in [9.17, 15) is 8.42 Å². The first-order valence-electron chi connectivity index (χ1n) is 10.2. The first-order chi connectivity index (χ1) is 13.4. The van der Waals surface area contributed by atoms with Crippen LogP contribution >= 0.6 is 0 Å². The van der Waals surface area contributed by atoms with Gasteiger partial charge in [0.2, 0.25) is 10.0 Å². The SMILES string of the molecule is Cc1cc(-c2ccc(C)c(S(=O)(=O)N3CCC(N4CCCCC4)CC3)c2)on1. The zero-order valence-electron chi connectivity index (χ0n) is 16.7. The Morgan fingerprint density at radius 3 is 2.36 bits per heavy atom. The molecule has 2 aliphatic rings. The van der Waals surface area contributed by atoms with Gasteiger partial charge in [0.15, 0.2) is 5.76 Å². The van der Waals surface area contributed by atoms with E-state index in [2.05, 4.69) is 10.1 Å². The highest BCUT2D eigenvalue weighted by Crippen LogP contribution is 2.30. The Morgan fingerprint density at radius 1 is 1.00 bits per heavy atom. The van der Waals surface area contributed by atoms with Crippen LogP contribution in [0.25, 0.3) is 11.3 Å². The third-order valence-corrected chi connectivity index (χ3v) is 8.09. The lowest BCUT2D eigenvalue weighted by Crippen LogP contribution is -2.48. The first kappa shape index (κ1) is 19.6. The third-order valence-electron chi connectivity index (χ3n) is 6.05. The van der Waals surface area contributed by atoms with Crippen LogP contribution in [0.2, 0.25) is 0 Å². The maximum Gasteiger partial charge on any atom is 0.243 e. The van der Waals surface area contributed by atoms with Gasteiger partial charge >= 0.3 is 0 Å². The summed E-state index contributed by atoms with van der Waals surface area (Å²) in [5, 5.41) is 3.91. The number of aromatic nitrogens is 1. The molecule has 3 heterocycles. The molecular weight excluding hydrogens is 374 g/mol. The van der Waals surface area contributed by atoms with Gasteiger partial charge in [0.05, 0.1) is 10.6 Å². The quantitative estimate of drug-likeness (QED) is 0.780. The van der Waals surface area contributed by atoms with E-state index in [1.807, 2.05) is 32.0 Å². The van der Waals surface area contributed by atoms with E-state index in [0.29, 0.717) is 29.8 Å². The monoisotopic (exact) mass is 403 g/mol. The fourth-order valence-electron chi connectivity index (χ4n) is 4.40. The highest BCUT2D eigenvalue weighted by Gasteiger charge is 2.33. The summed E-state index contributed by atoms with van der Waals surface area (Å²) < 4.78 is 33.7. The Morgan fingerprint density at radius 2 is 1.71 bits per heavy atom. The van der Waals surface area contributed by atoms with Crippen LogP contribution < -0.4 is 0 Å². The minimum atomic E-state index is -3.52. The van der Waals surface area contributed by atoms with Gasteiger partial charge in [0.25, 0.3) is 0 Å². The van der Waals surface area contributed by atoms with Crippen LogP contribution in [0.4, 0.5) is 0 Å². The van der Waals surface area contributed by atoms with E-state index >= 15 is 0 Å². The van der Waals surface area contributed by atoms with E-state index in [-0.39, 0.29) is 0 Å². The van der Waals surface area contributed by atoms with Crippen molar-refractivity contribution in [2.24, 2.45) is 0 Å². The molecule has 0 amide bonds. The van der Waals surface area contributed by atoms with Crippen molar-refractivity contribution in [3.05, 3.63) is 35.5 Å². The molecule has 2 aromatic rings. The molecule has 2 aliphatic heterocycles. The van der Waals surface area contributed by atoms with Gasteiger partial charge in [0, 0.05) is 30.8 Å². The lowest BCUT2D eigenvalue weighted by atomic mass is 10.0. The summed E-state index contributed by atoms with van der Waals surface area (Å²) in [5.74, 6) is 0.595. The maximum absolute atomic E-state index is 13.3. The zero-order valence-corrected chi connectivity index (χ0v) is 17.5. The Hall–Kier alpha value is -1.70. The number of aryl methyl sites for hydroxylation is 2. The molecular formula is C21H29N3O3S. The Kier molecular flexibility index (Phi) is 5.58. The Balaban J connectivity index is 1.52. The van der Waals surface area contributed by atoms with Crippen molar-refractivity contribution >= 4 is 10.0 Å². The average molecular weight is 404 g/mol. The number of rotatable bonds is 4. The van der Waals surface area contributed by atoms with E-state index in [1.165, 1.54) is 19.3 Å². The summed E-state index contributed by atoms with van der Waals surface area (Å²) in [6.07, 6.45) is 5.69. The highest BCUT2D eigenvalue weighted by atomic mass is 32.2. The second-order valence-electron chi connectivity index (χ2n) is 8.04. The van der Waals surface area contributed by atoms with Gasteiger partial charge in [-0.05, 0) is 64.3 Å². The van der Waals surface area contributed by atoms with Crippen molar-refractivity contribution in [2.75, 3.05) is 26.2 Å². The van der Waals surface area contributed by atoms with Crippen molar-refractivity contribution in [1.82, 2.24) is 14.4 Å². The molecule has 1 aromatic carbocycles. The fourth-order valence-corrected chi connectivity index (χ4v) is 6.12. The van der Waals surface area contributed by atoms with Gasteiger partial charge in [-0.2, -0.15) is 4.31 Å². The Labute approximate surface area is 167 Å². The highest BCUT2D eigenvalue weighted by molar-refractivity contribution is 7.89. The maximum atomic E-state index is 13.3. The standard InChI is InChI=1S/C21H29N3O3S/c1-16-6-7-18(20-14-17(2)22-27-20)15-21(16)28(25,26)24-12-8-19(9-13-24)23-10-4-3-5-11-23/h6-7,14-15,19H,3-5,8-13H2,1-2H3. The van der Waals surface area contributed by atoms with Gasteiger partial charge in [0.1, 0.15) is 0 Å². The van der Waals surface area contributed by atoms with Crippen LogP contribution in [0.15, 0.2) is 33.7 Å². The second kappa shape index (κ2) is 7.97. The third kappa shape index (κ3) is 3.88. The van der Waals surface area contributed by atoms with Crippen molar-refractivity contribution in [1.29, 1.82) is 0 Å². The normalized spacial score (nSPS) is 20.5. The molecule has 0 aliphatic carbocycles. The lowest BCUT2D eigenvalue weighted by molar-refractivity contribution is 0.118. The molecule has 0 atom stereocenters. The van der Waals surface area contributed by atoms with E-state index in [4.69, 9.17) is 4.52 Å². The number of likely N-dealkylation sites (tertiary alicyclic amines) is 1. The molecule has 0 unspecified atom stereocenters. The molecule has 2 saturated heterocycles. The first-order valence-corrected chi connectivity index (χ1v) is 11.7. The number of nitrogens with zero attached hydrogens (tertiary/aromatic N) is 3. The van der Waals surface area contributed by atoms with Crippen molar-refractivity contribution < 1.29 is 12.9 Å². The molecule has 4 rings (SSSR count). The smallest absolute Gasteiger partial charge is 0.243 e. The Bertz CT molecular complexity index is 924. The van der Waals surface area contributed by atoms with Gasteiger partial charge in [-0.3, -0.25) is 0 Å². The van der Waals surface area contributed by atoms with Crippen LogP contribution in [0.3, 0.4) is 0 Å². The van der Waals surface area contributed by atoms with Crippen LogP contribution in [-0.2, 0) is 10.0 Å². The average Bonchev–Trinajstić information content (AvgIpc) is 3.15. The zero-order chi connectivity index (χ0) is 19.7. The summed E-state index contributed by atoms with van der Waals surface area (Å²) in [7, 11) is -3.52. The van der Waals surface area contributed by atoms with E-state index < -0.39 is 10.0 Å². The molecule has 6 nitrogen and oxygen atoms in total. The van der Waals surface area contributed by atoms with Crippen molar-refractivity contribution in [2.45, 2.75) is 56.9 Å². The number of sulfonamides is 1. The lowest BCUT2D eigenvalue weighted by Gasteiger charge is -2.39. The topological polar surface area (TPSA) is 66.7 Å². The molecule has 0 saturated carbocycles. The molecule has 0 N–H and O–H groups in total. The van der Waals surface area contributed by atoms with Crippen molar-refractivity contribution in [3.63, 3.8) is 0 Å². The summed E-state index contributed by atoms with van der Waals surface area (Å²) in [4.78, 5) is 2.93. The van der Waals surface area contributed by atoms with Gasteiger partial charge in [-0.25, -0.2) is 8.42 Å². The molecule has 0 radical (unpaired) electrons. The molecule has 0 spiro atoms. The largest absolute Gasteiger partial charge is 0.356 e. The fraction of sp³-hybridized carbons (Fsp3) is 0.571. The number of hydrogen-bond acceptors (Lipinski definition) is 5. The van der Waals surface area contributed by atoms with Crippen LogP contribution in [-0.4, -0.2) is 55.0 Å².